The summed E-state index contributed by atoms with van der Waals surface area (Å²) in [4.78, 5) is 24.4. The average molecular weight is 302 g/mol. The molecule has 0 spiro atoms. The Hall–Kier alpha value is -2.57. The van der Waals surface area contributed by atoms with Crippen molar-refractivity contribution >= 4 is 22.5 Å². The Bertz CT molecular complexity index is 901. The number of carbonyl (C=O) groups excluding carboxylic acids is 1. The van der Waals surface area contributed by atoms with Crippen LogP contribution in [-0.4, -0.2) is 26.1 Å². The summed E-state index contributed by atoms with van der Waals surface area (Å²) in [5.41, 5.74) is 1.62. The van der Waals surface area contributed by atoms with Gasteiger partial charge in [0.1, 0.15) is 17.9 Å². The first-order valence-corrected chi connectivity index (χ1v) is 7.29. The standard InChI is InChI=1S/C15H18N4O3/c1-4-13-17-18(8-14(20)16-9(2)3)15(21)11-7-12-10(19(11)13)5-6-22-12/h5-7,9H,4,8H2,1-3H3,(H,16,20). The molecule has 0 aromatic carbocycles. The average Bonchev–Trinajstić information content (AvgIpc) is 3.02. The summed E-state index contributed by atoms with van der Waals surface area (Å²) in [5.74, 6) is 0.481. The molecular weight excluding hydrogens is 284 g/mol. The van der Waals surface area contributed by atoms with Crippen LogP contribution in [0.25, 0.3) is 16.6 Å². The van der Waals surface area contributed by atoms with Crippen LogP contribution in [0.4, 0.5) is 0 Å². The lowest BCUT2D eigenvalue weighted by Gasteiger charge is -2.11. The third-order valence-electron chi connectivity index (χ3n) is 3.43. The van der Waals surface area contributed by atoms with E-state index in [1.807, 2.05) is 20.8 Å². The fourth-order valence-corrected chi connectivity index (χ4v) is 2.56. The molecule has 0 radical (unpaired) electrons. The van der Waals surface area contributed by atoms with Gasteiger partial charge in [-0.05, 0) is 13.8 Å². The first kappa shape index (κ1) is 14.4. The van der Waals surface area contributed by atoms with E-state index in [-0.39, 0.29) is 24.1 Å². The van der Waals surface area contributed by atoms with Gasteiger partial charge in [0.25, 0.3) is 5.56 Å². The third kappa shape index (κ3) is 2.28. The van der Waals surface area contributed by atoms with Gasteiger partial charge in [0, 0.05) is 24.6 Å². The van der Waals surface area contributed by atoms with Gasteiger partial charge in [-0.1, -0.05) is 6.92 Å². The summed E-state index contributed by atoms with van der Waals surface area (Å²) in [6, 6.07) is 3.52. The minimum atomic E-state index is -0.303. The number of amides is 1. The lowest BCUT2D eigenvalue weighted by atomic mass is 10.4. The van der Waals surface area contributed by atoms with Crippen LogP contribution >= 0.6 is 0 Å². The number of aryl methyl sites for hydroxylation is 1. The van der Waals surface area contributed by atoms with Crippen molar-refractivity contribution in [2.45, 2.75) is 39.8 Å². The zero-order valence-corrected chi connectivity index (χ0v) is 12.8. The Morgan fingerprint density at radius 1 is 1.41 bits per heavy atom. The Labute approximate surface area is 126 Å². The van der Waals surface area contributed by atoms with Gasteiger partial charge >= 0.3 is 0 Å². The molecule has 3 rings (SSSR count). The van der Waals surface area contributed by atoms with Gasteiger partial charge in [-0.25, -0.2) is 4.68 Å². The summed E-state index contributed by atoms with van der Waals surface area (Å²) in [6.07, 6.45) is 2.22. The molecular formula is C15H18N4O3. The number of hydrogen-bond acceptors (Lipinski definition) is 4. The molecule has 7 nitrogen and oxygen atoms in total. The van der Waals surface area contributed by atoms with E-state index in [2.05, 4.69) is 10.4 Å². The number of fused-ring (bicyclic) bond motifs is 3. The van der Waals surface area contributed by atoms with E-state index < -0.39 is 0 Å². The molecule has 1 amide bonds. The van der Waals surface area contributed by atoms with Crippen molar-refractivity contribution in [3.8, 4) is 0 Å². The Kier molecular flexibility index (Phi) is 3.48. The summed E-state index contributed by atoms with van der Waals surface area (Å²) < 4.78 is 8.36. The SMILES string of the molecule is CCc1nn(CC(=O)NC(C)C)c(=O)c2cc3occc3n12. The molecule has 0 aliphatic rings. The van der Waals surface area contributed by atoms with E-state index >= 15 is 0 Å². The predicted octanol–water partition coefficient (Wildman–Crippen LogP) is 1.33. The monoisotopic (exact) mass is 302 g/mol. The lowest BCUT2D eigenvalue weighted by Crippen LogP contribution is -2.37. The normalized spacial score (nSPS) is 11.6. The molecule has 0 saturated carbocycles. The molecule has 0 bridgehead atoms. The fourth-order valence-electron chi connectivity index (χ4n) is 2.56. The lowest BCUT2D eigenvalue weighted by molar-refractivity contribution is -0.122. The zero-order valence-electron chi connectivity index (χ0n) is 12.8. The fraction of sp³-hybridized carbons (Fsp3) is 0.400. The van der Waals surface area contributed by atoms with Crippen LogP contribution in [-0.2, 0) is 17.8 Å². The Morgan fingerprint density at radius 3 is 2.86 bits per heavy atom. The van der Waals surface area contributed by atoms with E-state index in [0.29, 0.717) is 23.3 Å². The van der Waals surface area contributed by atoms with Gasteiger partial charge in [-0.3, -0.25) is 14.0 Å². The largest absolute Gasteiger partial charge is 0.463 e. The highest BCUT2D eigenvalue weighted by atomic mass is 16.3. The van der Waals surface area contributed by atoms with Gasteiger partial charge < -0.3 is 9.73 Å². The van der Waals surface area contributed by atoms with Gasteiger partial charge in [0.15, 0.2) is 5.58 Å². The quantitative estimate of drug-likeness (QED) is 0.788. The van der Waals surface area contributed by atoms with Gasteiger partial charge in [-0.15, -0.1) is 0 Å². The molecule has 1 N–H and O–H groups in total. The molecule has 3 heterocycles. The van der Waals surface area contributed by atoms with Crippen LogP contribution < -0.4 is 10.9 Å². The maximum Gasteiger partial charge on any atom is 0.291 e. The summed E-state index contributed by atoms with van der Waals surface area (Å²) in [6.45, 7) is 5.61. The van der Waals surface area contributed by atoms with Crippen molar-refractivity contribution < 1.29 is 9.21 Å². The molecule has 3 aromatic heterocycles. The first-order valence-electron chi connectivity index (χ1n) is 7.29. The maximum absolute atomic E-state index is 12.5. The van der Waals surface area contributed by atoms with Crippen molar-refractivity contribution in [1.82, 2.24) is 19.5 Å². The van der Waals surface area contributed by atoms with E-state index in [0.717, 1.165) is 5.52 Å². The van der Waals surface area contributed by atoms with Crippen molar-refractivity contribution in [2.24, 2.45) is 0 Å². The number of nitrogens with one attached hydrogen (secondary N) is 1. The van der Waals surface area contributed by atoms with E-state index in [4.69, 9.17) is 4.42 Å². The Balaban J connectivity index is 2.14. The molecule has 0 unspecified atom stereocenters. The van der Waals surface area contributed by atoms with E-state index in [1.165, 1.54) is 4.68 Å². The zero-order chi connectivity index (χ0) is 15.9. The van der Waals surface area contributed by atoms with Crippen molar-refractivity contribution in [3.63, 3.8) is 0 Å². The summed E-state index contributed by atoms with van der Waals surface area (Å²) in [7, 11) is 0. The highest BCUT2D eigenvalue weighted by molar-refractivity contribution is 5.82. The molecule has 116 valence electrons. The van der Waals surface area contributed by atoms with Crippen LogP contribution in [0.2, 0.25) is 0 Å². The molecule has 22 heavy (non-hydrogen) atoms. The van der Waals surface area contributed by atoms with Crippen molar-refractivity contribution in [3.05, 3.63) is 34.6 Å². The molecule has 0 atom stereocenters. The first-order chi connectivity index (χ1) is 10.5. The van der Waals surface area contributed by atoms with Crippen LogP contribution in [0.15, 0.2) is 27.6 Å². The van der Waals surface area contributed by atoms with Crippen molar-refractivity contribution in [1.29, 1.82) is 0 Å². The second-order valence-electron chi connectivity index (χ2n) is 5.49. The predicted molar refractivity (Wildman–Crippen MR) is 81.9 cm³/mol. The second kappa shape index (κ2) is 5.32. The molecule has 0 saturated heterocycles. The minimum absolute atomic E-state index is 0.0215. The number of aromatic nitrogens is 3. The number of furan rings is 1. The van der Waals surface area contributed by atoms with Gasteiger partial charge in [0.05, 0.1) is 11.8 Å². The molecule has 0 aliphatic heterocycles. The molecule has 0 aliphatic carbocycles. The van der Waals surface area contributed by atoms with E-state index in [1.54, 1.807) is 22.8 Å². The second-order valence-corrected chi connectivity index (χ2v) is 5.49. The highest BCUT2D eigenvalue weighted by Crippen LogP contribution is 2.20. The van der Waals surface area contributed by atoms with Gasteiger partial charge in [0.2, 0.25) is 5.91 Å². The third-order valence-corrected chi connectivity index (χ3v) is 3.43. The summed E-state index contributed by atoms with van der Waals surface area (Å²) >= 11 is 0. The minimum Gasteiger partial charge on any atom is -0.463 e. The number of carbonyl (C=O) groups is 1. The smallest absolute Gasteiger partial charge is 0.291 e. The van der Waals surface area contributed by atoms with Crippen LogP contribution in [0, 0.1) is 0 Å². The molecule has 3 aromatic rings. The highest BCUT2D eigenvalue weighted by Gasteiger charge is 2.16. The van der Waals surface area contributed by atoms with Crippen LogP contribution in [0.1, 0.15) is 26.6 Å². The summed E-state index contributed by atoms with van der Waals surface area (Å²) in [5, 5.41) is 7.09. The molecule has 7 heteroatoms. The van der Waals surface area contributed by atoms with Gasteiger partial charge in [-0.2, -0.15) is 5.10 Å². The maximum atomic E-state index is 12.5. The Morgan fingerprint density at radius 2 is 2.18 bits per heavy atom. The number of nitrogens with zero attached hydrogens (tertiary/aromatic N) is 3. The van der Waals surface area contributed by atoms with Crippen molar-refractivity contribution in [2.75, 3.05) is 0 Å². The van der Waals surface area contributed by atoms with Crippen LogP contribution in [0.5, 0.6) is 0 Å². The molecule has 0 fully saturated rings. The topological polar surface area (TPSA) is 81.5 Å². The van der Waals surface area contributed by atoms with Crippen LogP contribution in [0.3, 0.4) is 0 Å². The number of rotatable bonds is 4. The number of hydrogen-bond donors (Lipinski definition) is 1. The van der Waals surface area contributed by atoms with E-state index in [9.17, 15) is 9.59 Å².